The van der Waals surface area contributed by atoms with Gasteiger partial charge in [-0.15, -0.1) is 0 Å². The van der Waals surface area contributed by atoms with Crippen LogP contribution in [0.2, 0.25) is 5.02 Å². The van der Waals surface area contributed by atoms with E-state index in [9.17, 15) is 9.18 Å². The number of carbonyl (C=O) groups is 1. The van der Waals surface area contributed by atoms with Gasteiger partial charge in [0.25, 0.3) is 0 Å². The van der Waals surface area contributed by atoms with Crippen molar-refractivity contribution in [2.75, 3.05) is 25.1 Å². The first-order valence-corrected chi connectivity index (χ1v) is 9.25. The van der Waals surface area contributed by atoms with Gasteiger partial charge >= 0.3 is 0 Å². The fraction of sp³-hybridized carbons (Fsp3) is 0.333. The molecule has 2 aromatic rings. The minimum Gasteiger partial charge on any atom is -0.494 e. The fourth-order valence-electron chi connectivity index (χ4n) is 2.76. The van der Waals surface area contributed by atoms with Gasteiger partial charge in [-0.1, -0.05) is 17.7 Å². The van der Waals surface area contributed by atoms with Gasteiger partial charge in [-0.25, -0.2) is 4.39 Å². The number of hydrogen-bond acceptors (Lipinski definition) is 4. The minimum absolute atomic E-state index is 0.0436. The highest BCUT2D eigenvalue weighted by Gasteiger charge is 2.18. The molecule has 148 valence electrons. The summed E-state index contributed by atoms with van der Waals surface area (Å²) in [6, 6.07) is 11.8. The van der Waals surface area contributed by atoms with Crippen LogP contribution >= 0.6 is 11.6 Å². The lowest BCUT2D eigenvalue weighted by Crippen LogP contribution is -2.39. The maximum absolute atomic E-state index is 13.9. The summed E-state index contributed by atoms with van der Waals surface area (Å²) in [5.74, 6) is -0.460. The summed E-state index contributed by atoms with van der Waals surface area (Å²) in [6.45, 7) is 4.03. The van der Waals surface area contributed by atoms with Crippen LogP contribution in [-0.4, -0.2) is 26.1 Å². The number of rotatable bonds is 8. The predicted octanol–water partition coefficient (Wildman–Crippen LogP) is 4.39. The summed E-state index contributed by atoms with van der Waals surface area (Å²) in [4.78, 5) is 14.3. The number of halogens is 2. The molecule has 28 heavy (non-hydrogen) atoms. The number of nitriles is 1. The van der Waals surface area contributed by atoms with E-state index >= 15 is 0 Å². The van der Waals surface area contributed by atoms with Crippen LogP contribution in [0.3, 0.4) is 0 Å². The molecule has 0 radical (unpaired) electrons. The van der Waals surface area contributed by atoms with E-state index in [1.165, 1.54) is 13.2 Å². The van der Waals surface area contributed by atoms with Crippen molar-refractivity contribution >= 4 is 23.2 Å². The Morgan fingerprint density at radius 2 is 2.11 bits per heavy atom. The molecule has 0 aliphatic carbocycles. The van der Waals surface area contributed by atoms with Crippen LogP contribution in [0.5, 0.6) is 5.75 Å². The first-order chi connectivity index (χ1) is 13.4. The van der Waals surface area contributed by atoms with Gasteiger partial charge in [0, 0.05) is 23.3 Å². The van der Waals surface area contributed by atoms with Gasteiger partial charge in [0.05, 0.1) is 26.1 Å². The number of hydrogen-bond donors (Lipinski definition) is 1. The lowest BCUT2D eigenvalue weighted by Gasteiger charge is -2.24. The zero-order valence-electron chi connectivity index (χ0n) is 16.1. The highest BCUT2D eigenvalue weighted by atomic mass is 35.5. The number of aryl methyl sites for hydroxylation is 1. The minimum atomic E-state index is -0.452. The quantitative estimate of drug-likeness (QED) is 0.709. The topological polar surface area (TPSA) is 65.4 Å². The van der Waals surface area contributed by atoms with Gasteiger partial charge in [0.15, 0.2) is 11.6 Å². The molecule has 0 fully saturated rings. The van der Waals surface area contributed by atoms with E-state index in [0.717, 1.165) is 5.56 Å². The van der Waals surface area contributed by atoms with Crippen LogP contribution < -0.4 is 15.0 Å². The Bertz CT molecular complexity index is 882. The van der Waals surface area contributed by atoms with E-state index in [-0.39, 0.29) is 37.2 Å². The standard InChI is InChI=1S/C21H23ClFN3O2/c1-14-11-17(6-7-18(14)22)26(10-4-9-24)21(27)13-25-15(2)16-5-8-20(28-3)19(23)12-16/h5-8,11-12,15,25H,4,10,13H2,1-3H3. The van der Waals surface area contributed by atoms with Gasteiger partial charge in [-0.2, -0.15) is 5.26 Å². The number of benzene rings is 2. The second-order valence-electron chi connectivity index (χ2n) is 6.38. The van der Waals surface area contributed by atoms with E-state index in [1.807, 2.05) is 19.9 Å². The molecule has 5 nitrogen and oxygen atoms in total. The summed E-state index contributed by atoms with van der Waals surface area (Å²) < 4.78 is 18.8. The van der Waals surface area contributed by atoms with Gasteiger partial charge in [-0.3, -0.25) is 4.79 Å². The molecule has 1 atom stereocenters. The zero-order chi connectivity index (χ0) is 20.7. The van der Waals surface area contributed by atoms with Gasteiger partial charge in [0.2, 0.25) is 5.91 Å². The number of methoxy groups -OCH3 is 1. The predicted molar refractivity (Wildman–Crippen MR) is 108 cm³/mol. The zero-order valence-corrected chi connectivity index (χ0v) is 16.9. The monoisotopic (exact) mass is 403 g/mol. The molecular formula is C21H23ClFN3O2. The van der Waals surface area contributed by atoms with Crippen LogP contribution in [-0.2, 0) is 4.79 Å². The number of carbonyl (C=O) groups excluding carboxylic acids is 1. The average molecular weight is 404 g/mol. The van der Waals surface area contributed by atoms with Gasteiger partial charge in [-0.05, 0) is 55.3 Å². The maximum Gasteiger partial charge on any atom is 0.240 e. The van der Waals surface area contributed by atoms with E-state index in [4.69, 9.17) is 21.6 Å². The molecule has 0 aliphatic heterocycles. The first kappa shape index (κ1) is 21.7. The second-order valence-corrected chi connectivity index (χ2v) is 6.79. The number of ether oxygens (including phenoxy) is 1. The summed E-state index contributed by atoms with van der Waals surface area (Å²) in [5.41, 5.74) is 2.24. The highest BCUT2D eigenvalue weighted by molar-refractivity contribution is 6.31. The van der Waals surface area contributed by atoms with Gasteiger partial charge < -0.3 is 15.0 Å². The molecule has 1 unspecified atom stereocenters. The molecule has 2 rings (SSSR count). The lowest BCUT2D eigenvalue weighted by atomic mass is 10.1. The van der Waals surface area contributed by atoms with Crippen molar-refractivity contribution in [3.63, 3.8) is 0 Å². The second kappa shape index (κ2) is 10.1. The van der Waals surface area contributed by atoms with Crippen molar-refractivity contribution in [1.29, 1.82) is 5.26 Å². The molecule has 0 aliphatic rings. The summed E-state index contributed by atoms with van der Waals surface area (Å²) >= 11 is 6.07. The van der Waals surface area contributed by atoms with E-state index in [0.29, 0.717) is 16.3 Å². The molecular weight excluding hydrogens is 381 g/mol. The molecule has 0 saturated carbocycles. The Balaban J connectivity index is 2.09. The maximum atomic E-state index is 13.9. The van der Waals surface area contributed by atoms with Crippen molar-refractivity contribution in [3.8, 4) is 11.8 Å². The molecule has 7 heteroatoms. The lowest BCUT2D eigenvalue weighted by molar-refractivity contribution is -0.117. The Hall–Kier alpha value is -2.62. The van der Waals surface area contributed by atoms with E-state index in [2.05, 4.69) is 11.4 Å². The van der Waals surface area contributed by atoms with Crippen molar-refractivity contribution in [3.05, 3.63) is 58.4 Å². The molecule has 0 bridgehead atoms. The third-order valence-electron chi connectivity index (χ3n) is 4.44. The summed E-state index contributed by atoms with van der Waals surface area (Å²) in [7, 11) is 1.41. The first-order valence-electron chi connectivity index (χ1n) is 8.87. The smallest absolute Gasteiger partial charge is 0.240 e. The van der Waals surface area contributed by atoms with Crippen molar-refractivity contribution in [1.82, 2.24) is 5.32 Å². The Morgan fingerprint density at radius 3 is 2.71 bits per heavy atom. The number of amides is 1. The largest absolute Gasteiger partial charge is 0.494 e. The molecule has 0 heterocycles. The molecule has 1 N–H and O–H groups in total. The molecule has 0 aromatic heterocycles. The third-order valence-corrected chi connectivity index (χ3v) is 4.86. The van der Waals surface area contributed by atoms with E-state index in [1.54, 1.807) is 29.2 Å². The van der Waals surface area contributed by atoms with Crippen LogP contribution in [0, 0.1) is 24.1 Å². The van der Waals surface area contributed by atoms with Crippen LogP contribution in [0.4, 0.5) is 10.1 Å². The Morgan fingerprint density at radius 1 is 1.36 bits per heavy atom. The number of nitrogens with one attached hydrogen (secondary N) is 1. The summed E-state index contributed by atoms with van der Waals surface area (Å²) in [6.07, 6.45) is 0.215. The Kier molecular flexibility index (Phi) is 7.80. The fourth-order valence-corrected chi connectivity index (χ4v) is 2.88. The van der Waals surface area contributed by atoms with Crippen molar-refractivity contribution < 1.29 is 13.9 Å². The SMILES string of the molecule is COc1ccc(C(C)NCC(=O)N(CCC#N)c2ccc(Cl)c(C)c2)cc1F. The average Bonchev–Trinajstić information content (AvgIpc) is 2.68. The third kappa shape index (κ3) is 5.44. The summed E-state index contributed by atoms with van der Waals surface area (Å²) in [5, 5.41) is 12.6. The van der Waals surface area contributed by atoms with Crippen molar-refractivity contribution in [2.45, 2.75) is 26.3 Å². The van der Waals surface area contributed by atoms with Crippen LogP contribution in [0.1, 0.15) is 30.5 Å². The van der Waals surface area contributed by atoms with Crippen LogP contribution in [0.25, 0.3) is 0 Å². The van der Waals surface area contributed by atoms with E-state index < -0.39 is 5.82 Å². The molecule has 0 spiro atoms. The van der Waals surface area contributed by atoms with Crippen molar-refractivity contribution in [2.24, 2.45) is 0 Å². The number of anilines is 1. The highest BCUT2D eigenvalue weighted by Crippen LogP contribution is 2.24. The molecule has 2 aromatic carbocycles. The number of nitrogens with zero attached hydrogens (tertiary/aromatic N) is 2. The van der Waals surface area contributed by atoms with Gasteiger partial charge in [0.1, 0.15) is 0 Å². The van der Waals surface area contributed by atoms with Crippen LogP contribution in [0.15, 0.2) is 36.4 Å². The Labute approximate surface area is 169 Å². The normalized spacial score (nSPS) is 11.6. The molecule has 1 amide bonds. The molecule has 0 saturated heterocycles.